The van der Waals surface area contributed by atoms with Gasteiger partial charge in [0.1, 0.15) is 0 Å². The minimum Gasteiger partial charge on any atom is -0.381 e. The topological polar surface area (TPSA) is 175 Å². The molecule has 4 fully saturated rings. The molecule has 0 unspecified atom stereocenters. The summed E-state index contributed by atoms with van der Waals surface area (Å²) in [6.07, 6.45) is 1.03. The molecule has 2 saturated carbocycles. The summed E-state index contributed by atoms with van der Waals surface area (Å²) in [5, 5.41) is 7.39. The Morgan fingerprint density at radius 1 is 0.583 bits per heavy atom. The Balaban J connectivity index is 0.000000211. The highest BCUT2D eigenvalue weighted by atomic mass is 32.2. The lowest BCUT2D eigenvalue weighted by Crippen LogP contribution is -2.51. The van der Waals surface area contributed by atoms with Crippen molar-refractivity contribution >= 4 is 31.9 Å². The molecule has 6 aliphatic rings. The van der Waals surface area contributed by atoms with Gasteiger partial charge in [0, 0.05) is 76.8 Å². The Hall–Kier alpha value is -3.38. The van der Waals surface area contributed by atoms with Crippen LogP contribution in [0.1, 0.15) is 137 Å². The molecule has 6 atom stereocenters. The van der Waals surface area contributed by atoms with Crippen LogP contribution in [0.2, 0.25) is 0 Å². The second-order valence-corrected chi connectivity index (χ2v) is 25.2. The van der Waals surface area contributed by atoms with Gasteiger partial charge in [-0.25, -0.2) is 26.3 Å². The first kappa shape index (κ1) is 56.3. The molecule has 2 saturated heterocycles. The lowest BCUT2D eigenvalue weighted by molar-refractivity contribution is -0.147. The number of amides is 2. The van der Waals surface area contributed by atoms with Crippen molar-refractivity contribution in [3.63, 3.8) is 0 Å². The Bertz CT molecular complexity index is 2320. The van der Waals surface area contributed by atoms with Crippen LogP contribution in [0.3, 0.4) is 0 Å². The van der Waals surface area contributed by atoms with Crippen LogP contribution in [0, 0.1) is 22.7 Å². The zero-order valence-electron chi connectivity index (χ0n) is 42.1. The second-order valence-electron chi connectivity index (χ2n) is 21.7. The third-order valence-electron chi connectivity index (χ3n) is 16.1. The van der Waals surface area contributed by atoms with Crippen LogP contribution in [0.5, 0.6) is 0 Å². The highest BCUT2D eigenvalue weighted by Gasteiger charge is 2.52. The quantitative estimate of drug-likeness (QED) is 0.159. The summed E-state index contributed by atoms with van der Waals surface area (Å²) < 4.78 is 145. The highest BCUT2D eigenvalue weighted by molar-refractivity contribution is 7.89. The van der Waals surface area contributed by atoms with E-state index in [-0.39, 0.29) is 61.9 Å². The minimum atomic E-state index is -4.53. The van der Waals surface area contributed by atoms with Gasteiger partial charge in [-0.2, -0.15) is 26.3 Å². The van der Waals surface area contributed by atoms with Gasteiger partial charge in [-0.15, -0.1) is 0 Å². The summed E-state index contributed by atoms with van der Waals surface area (Å²) >= 11 is 0. The number of benzene rings is 2. The van der Waals surface area contributed by atoms with Gasteiger partial charge in [0.25, 0.3) is 0 Å². The molecule has 2 amide bonds. The molecule has 4 aliphatic heterocycles. The molecule has 4 heterocycles. The van der Waals surface area contributed by atoms with Crippen LogP contribution in [0.25, 0.3) is 0 Å². The van der Waals surface area contributed by atoms with Gasteiger partial charge in [-0.3, -0.25) is 9.59 Å². The van der Waals surface area contributed by atoms with Gasteiger partial charge < -0.3 is 29.9 Å². The number of nitrogens with zero attached hydrogens (tertiary/aromatic N) is 2. The molecular weight excluding hydrogens is 991 g/mol. The molecule has 72 heavy (non-hydrogen) atoms. The number of alkyl halides is 6. The number of ether oxygens (including phenoxy) is 2. The van der Waals surface area contributed by atoms with E-state index >= 15 is 0 Å². The molecule has 2 aromatic rings. The van der Waals surface area contributed by atoms with Gasteiger partial charge in [-0.05, 0) is 123 Å². The lowest BCUT2D eigenvalue weighted by Gasteiger charge is -2.42. The molecule has 404 valence electrons. The highest BCUT2D eigenvalue weighted by Crippen LogP contribution is 2.49. The number of sulfonamides is 2. The number of hydrogen-bond acceptors (Lipinski definition) is 10. The van der Waals surface area contributed by atoms with Crippen molar-refractivity contribution in [3.8, 4) is 0 Å². The zero-order valence-corrected chi connectivity index (χ0v) is 43.7. The van der Waals surface area contributed by atoms with Crippen molar-refractivity contribution in [3.05, 3.63) is 69.8 Å². The van der Waals surface area contributed by atoms with E-state index in [1.165, 1.54) is 12.1 Å². The number of hydrogen-bond donors (Lipinski definition) is 4. The van der Waals surface area contributed by atoms with E-state index < -0.39 is 66.4 Å². The standard InChI is InChI=1S/2C25H36F3N3O4S/c2*1-16(2)24(9-6-20(13-24)29-19-7-10-35-11-8-19)23(32)31-14-17-12-18(25(26,27)28)4-5-21(17)22(15-31)30-36(3,33)34/h2*4-5,12,16,19-20,22,29-30H,6-11,13-15H2,1-3H3/t20-,22+,24+;20-,22-,24+/m11/s1. The fourth-order valence-electron chi connectivity index (χ4n) is 12.1. The average Bonchev–Trinajstić information content (AvgIpc) is 3.93. The Kier molecular flexibility index (Phi) is 17.3. The van der Waals surface area contributed by atoms with Gasteiger partial charge in [0.05, 0.1) is 46.6 Å². The van der Waals surface area contributed by atoms with E-state index in [1.54, 1.807) is 9.80 Å². The van der Waals surface area contributed by atoms with Crippen LogP contribution >= 0.6 is 0 Å². The van der Waals surface area contributed by atoms with Gasteiger partial charge >= 0.3 is 12.4 Å². The van der Waals surface area contributed by atoms with Crippen LogP contribution in [0.15, 0.2) is 36.4 Å². The monoisotopic (exact) mass is 1060 g/mol. The van der Waals surface area contributed by atoms with Crippen molar-refractivity contribution in [1.29, 1.82) is 0 Å². The van der Waals surface area contributed by atoms with Crippen LogP contribution in [-0.4, -0.2) is 115 Å². The Morgan fingerprint density at radius 2 is 0.931 bits per heavy atom. The minimum absolute atomic E-state index is 0.0204. The Labute approximate surface area is 420 Å². The normalized spacial score (nSPS) is 27.9. The van der Waals surface area contributed by atoms with Crippen molar-refractivity contribution < 1.29 is 62.2 Å². The molecule has 22 heteroatoms. The number of carbonyl (C=O) groups excluding carboxylic acids is 2. The average molecular weight is 1060 g/mol. The fourth-order valence-corrected chi connectivity index (χ4v) is 13.6. The summed E-state index contributed by atoms with van der Waals surface area (Å²) in [6, 6.07) is 6.11. The van der Waals surface area contributed by atoms with Gasteiger partial charge in [-0.1, -0.05) is 39.8 Å². The number of fused-ring (bicyclic) bond motifs is 2. The maximum Gasteiger partial charge on any atom is 0.416 e. The van der Waals surface area contributed by atoms with E-state index in [4.69, 9.17) is 9.47 Å². The second kappa shape index (κ2) is 22.1. The molecule has 0 radical (unpaired) electrons. The largest absolute Gasteiger partial charge is 0.416 e. The van der Waals surface area contributed by atoms with Gasteiger partial charge in [0.2, 0.25) is 31.9 Å². The van der Waals surface area contributed by atoms with E-state index in [1.807, 2.05) is 27.7 Å². The van der Waals surface area contributed by atoms with Crippen molar-refractivity contribution in [1.82, 2.24) is 29.9 Å². The van der Waals surface area contributed by atoms with Gasteiger partial charge in [0.15, 0.2) is 0 Å². The zero-order chi connectivity index (χ0) is 52.6. The number of nitrogens with one attached hydrogen (secondary N) is 4. The summed E-state index contributed by atoms with van der Waals surface area (Å²) in [5.41, 5.74) is -1.35. The van der Waals surface area contributed by atoms with Crippen molar-refractivity contribution in [2.24, 2.45) is 22.7 Å². The molecular formula is C50H72F6N6O8S2. The van der Waals surface area contributed by atoms with E-state index in [9.17, 15) is 52.8 Å². The predicted octanol–water partition coefficient (Wildman–Crippen LogP) is 7.20. The third kappa shape index (κ3) is 13.3. The number of carbonyl (C=O) groups is 2. The van der Waals surface area contributed by atoms with Crippen molar-refractivity contribution in [2.45, 2.75) is 154 Å². The maximum atomic E-state index is 14.1. The van der Waals surface area contributed by atoms with Crippen molar-refractivity contribution in [2.75, 3.05) is 52.0 Å². The molecule has 4 N–H and O–H groups in total. The van der Waals surface area contributed by atoms with Crippen LogP contribution in [-0.2, 0) is 64.6 Å². The van der Waals surface area contributed by atoms with Crippen LogP contribution in [0.4, 0.5) is 26.3 Å². The summed E-state index contributed by atoms with van der Waals surface area (Å²) in [4.78, 5) is 31.3. The molecule has 2 aromatic carbocycles. The first-order chi connectivity index (χ1) is 33.6. The summed E-state index contributed by atoms with van der Waals surface area (Å²) in [5.74, 6) is -0.180. The summed E-state index contributed by atoms with van der Waals surface area (Å²) in [7, 11) is -7.32. The number of rotatable bonds is 12. The lowest BCUT2D eigenvalue weighted by atomic mass is 9.73. The van der Waals surface area contributed by atoms with E-state index in [0.717, 1.165) is 102 Å². The molecule has 14 nitrogen and oxygen atoms in total. The molecule has 0 bridgehead atoms. The van der Waals surface area contributed by atoms with Crippen LogP contribution < -0.4 is 20.1 Å². The SMILES string of the molecule is CC(C)[C@]1(C(=O)N2Cc3cc(C(F)(F)F)ccc3[C@@H](NS(C)(=O)=O)C2)CC[C@@H](NC2CCOCC2)C1.CC(C)[C@]1(C(=O)N2Cc3cc(C(F)(F)F)ccc3[C@H](NS(C)(=O)=O)C2)CC[C@@H](NC2CCOCC2)C1. The fraction of sp³-hybridized carbons (Fsp3) is 0.720. The number of halogens is 6. The summed E-state index contributed by atoms with van der Waals surface area (Å²) in [6.45, 7) is 11.1. The predicted molar refractivity (Wildman–Crippen MR) is 259 cm³/mol. The first-order valence-electron chi connectivity index (χ1n) is 25.2. The third-order valence-corrected chi connectivity index (χ3v) is 17.5. The molecule has 0 aromatic heterocycles. The Morgan fingerprint density at radius 3 is 1.24 bits per heavy atom. The maximum absolute atomic E-state index is 14.1. The first-order valence-corrected chi connectivity index (χ1v) is 29.0. The smallest absolute Gasteiger partial charge is 0.381 e. The van der Waals surface area contributed by atoms with E-state index in [0.29, 0.717) is 60.0 Å². The molecule has 2 aliphatic carbocycles. The van der Waals surface area contributed by atoms with E-state index in [2.05, 4.69) is 20.1 Å². The molecule has 0 spiro atoms. The molecule has 8 rings (SSSR count).